The van der Waals surface area contributed by atoms with Crippen molar-refractivity contribution in [3.05, 3.63) is 71.4 Å². The molecule has 1 amide bonds. The zero-order chi connectivity index (χ0) is 18.6. The Morgan fingerprint density at radius 1 is 1.11 bits per heavy atom. The number of fused-ring (bicyclic) bond motifs is 1. The first-order chi connectivity index (χ1) is 13.3. The molecule has 0 spiro atoms. The Balaban J connectivity index is 1.63. The third kappa shape index (κ3) is 3.51. The quantitative estimate of drug-likeness (QED) is 0.703. The van der Waals surface area contributed by atoms with Crippen LogP contribution >= 0.6 is 0 Å². The summed E-state index contributed by atoms with van der Waals surface area (Å²) in [6.45, 7) is 0.522. The molecule has 1 unspecified atom stereocenters. The average molecular weight is 363 g/mol. The fourth-order valence-electron chi connectivity index (χ4n) is 3.46. The molecular formula is C21H21N3O3. The van der Waals surface area contributed by atoms with Crippen LogP contribution < -0.4 is 14.8 Å². The lowest BCUT2D eigenvalue weighted by atomic mass is 9.86. The van der Waals surface area contributed by atoms with Gasteiger partial charge in [-0.3, -0.25) is 9.89 Å². The zero-order valence-corrected chi connectivity index (χ0v) is 15.1. The van der Waals surface area contributed by atoms with Gasteiger partial charge in [0.2, 0.25) is 5.91 Å². The third-order valence-electron chi connectivity index (χ3n) is 4.78. The number of nitrogens with one attached hydrogen (secondary N) is 2. The molecule has 1 atom stereocenters. The lowest BCUT2D eigenvalue weighted by Crippen LogP contribution is -2.23. The van der Waals surface area contributed by atoms with Crippen molar-refractivity contribution in [2.45, 2.75) is 18.8 Å². The molecule has 2 N–H and O–H groups in total. The first-order valence-corrected chi connectivity index (χ1v) is 8.93. The van der Waals surface area contributed by atoms with E-state index < -0.39 is 0 Å². The molecule has 1 aromatic heterocycles. The molecule has 138 valence electrons. The molecule has 1 aliphatic rings. The van der Waals surface area contributed by atoms with Gasteiger partial charge in [0.15, 0.2) is 11.5 Å². The molecule has 2 aromatic carbocycles. The fraction of sp³-hybridized carbons (Fsp3) is 0.238. The molecule has 1 aliphatic heterocycles. The molecule has 2 heterocycles. The molecule has 6 nitrogen and oxygen atoms in total. The van der Waals surface area contributed by atoms with Crippen molar-refractivity contribution in [1.82, 2.24) is 10.2 Å². The van der Waals surface area contributed by atoms with E-state index in [0.29, 0.717) is 30.3 Å². The molecule has 0 radical (unpaired) electrons. The Kier molecular flexibility index (Phi) is 4.78. The Morgan fingerprint density at radius 2 is 1.96 bits per heavy atom. The van der Waals surface area contributed by atoms with Crippen molar-refractivity contribution < 1.29 is 14.3 Å². The average Bonchev–Trinajstić information content (AvgIpc) is 3.16. The monoisotopic (exact) mass is 363 g/mol. The highest BCUT2D eigenvalue weighted by Gasteiger charge is 2.31. The summed E-state index contributed by atoms with van der Waals surface area (Å²) in [6, 6.07) is 16.0. The topological polar surface area (TPSA) is 76.2 Å². The van der Waals surface area contributed by atoms with Gasteiger partial charge in [-0.15, -0.1) is 0 Å². The number of amides is 1. The van der Waals surface area contributed by atoms with Crippen molar-refractivity contribution >= 4 is 11.7 Å². The molecule has 6 heteroatoms. The maximum atomic E-state index is 12.1. The second kappa shape index (κ2) is 7.53. The van der Waals surface area contributed by atoms with Crippen LogP contribution in [-0.4, -0.2) is 29.8 Å². The highest BCUT2D eigenvalue weighted by Crippen LogP contribution is 2.43. The number of nitrogens with zero attached hydrogens (tertiary/aromatic N) is 1. The fourth-order valence-corrected chi connectivity index (χ4v) is 3.46. The van der Waals surface area contributed by atoms with Gasteiger partial charge < -0.3 is 14.8 Å². The van der Waals surface area contributed by atoms with Crippen molar-refractivity contribution in [2.24, 2.45) is 0 Å². The first kappa shape index (κ1) is 17.1. The molecule has 3 aromatic rings. The summed E-state index contributed by atoms with van der Waals surface area (Å²) in [4.78, 5) is 12.1. The van der Waals surface area contributed by atoms with Crippen LogP contribution in [0.5, 0.6) is 11.5 Å². The van der Waals surface area contributed by atoms with Crippen molar-refractivity contribution in [3.8, 4) is 11.5 Å². The van der Waals surface area contributed by atoms with Crippen LogP contribution in [0.2, 0.25) is 0 Å². The number of ether oxygens (including phenoxy) is 2. The van der Waals surface area contributed by atoms with E-state index in [2.05, 4.69) is 27.6 Å². The van der Waals surface area contributed by atoms with E-state index in [4.69, 9.17) is 9.47 Å². The van der Waals surface area contributed by atoms with Gasteiger partial charge in [-0.25, -0.2) is 0 Å². The van der Waals surface area contributed by atoms with Crippen LogP contribution in [0.15, 0.2) is 54.7 Å². The van der Waals surface area contributed by atoms with Gasteiger partial charge >= 0.3 is 0 Å². The number of hydrogen-bond acceptors (Lipinski definition) is 4. The number of hydrogen-bond donors (Lipinski definition) is 2. The number of anilines is 1. The molecule has 27 heavy (non-hydrogen) atoms. The van der Waals surface area contributed by atoms with Crippen molar-refractivity contribution in [1.29, 1.82) is 0 Å². The molecular weight excluding hydrogens is 342 g/mol. The number of benzene rings is 2. The number of rotatable bonds is 6. The summed E-state index contributed by atoms with van der Waals surface area (Å²) in [6.07, 6.45) is 2.89. The van der Waals surface area contributed by atoms with Crippen LogP contribution in [0.3, 0.4) is 0 Å². The Morgan fingerprint density at radius 3 is 2.78 bits per heavy atom. The van der Waals surface area contributed by atoms with E-state index in [9.17, 15) is 4.79 Å². The van der Waals surface area contributed by atoms with Crippen molar-refractivity contribution in [3.63, 3.8) is 0 Å². The number of aromatic amines is 1. The van der Waals surface area contributed by atoms with E-state index >= 15 is 0 Å². The predicted molar refractivity (Wildman–Crippen MR) is 102 cm³/mol. The second-order valence-corrected chi connectivity index (χ2v) is 6.47. The smallest absolute Gasteiger partial charge is 0.226 e. The van der Waals surface area contributed by atoms with Gasteiger partial charge in [0.1, 0.15) is 5.82 Å². The predicted octanol–water partition coefficient (Wildman–Crippen LogP) is 3.51. The van der Waals surface area contributed by atoms with Gasteiger partial charge in [-0.2, -0.15) is 5.10 Å². The van der Waals surface area contributed by atoms with Crippen LogP contribution in [0, 0.1) is 0 Å². The van der Waals surface area contributed by atoms with Crippen LogP contribution in [0.1, 0.15) is 29.0 Å². The van der Waals surface area contributed by atoms with Gasteiger partial charge in [0, 0.05) is 29.9 Å². The van der Waals surface area contributed by atoms with E-state index in [1.807, 2.05) is 36.4 Å². The van der Waals surface area contributed by atoms with Crippen LogP contribution in [0.25, 0.3) is 0 Å². The first-order valence-electron chi connectivity index (χ1n) is 8.93. The van der Waals surface area contributed by atoms with Crippen molar-refractivity contribution in [2.75, 3.05) is 19.0 Å². The molecule has 0 fully saturated rings. The highest BCUT2D eigenvalue weighted by molar-refractivity contribution is 5.94. The molecule has 0 saturated heterocycles. The number of aromatic nitrogens is 2. The van der Waals surface area contributed by atoms with E-state index in [1.54, 1.807) is 13.3 Å². The zero-order valence-electron chi connectivity index (χ0n) is 15.1. The number of carbonyl (C=O) groups is 1. The van der Waals surface area contributed by atoms with E-state index in [0.717, 1.165) is 17.5 Å². The van der Waals surface area contributed by atoms with Gasteiger partial charge in [0.05, 0.1) is 19.9 Å². The summed E-state index contributed by atoms with van der Waals surface area (Å²) in [5.74, 6) is 1.82. The SMILES string of the molecule is COc1cccc(C2CC(=O)Nc3[nH]ncc32)c1OCCc1ccccc1. The Hall–Kier alpha value is -3.28. The summed E-state index contributed by atoms with van der Waals surface area (Å²) >= 11 is 0. The molecule has 0 bridgehead atoms. The molecule has 4 rings (SSSR count). The minimum absolute atomic E-state index is 0.0465. The lowest BCUT2D eigenvalue weighted by molar-refractivity contribution is -0.116. The summed E-state index contributed by atoms with van der Waals surface area (Å²) in [5.41, 5.74) is 3.10. The standard InChI is InChI=1S/C21H21N3O3/c1-26-18-9-5-8-15(16-12-19(25)23-21-17(16)13-22-24-21)20(18)27-11-10-14-6-3-2-4-7-14/h2-9,13,16H,10-12H2,1H3,(H2,22,23,24,25). The van der Waals surface area contributed by atoms with E-state index in [1.165, 1.54) is 5.56 Å². The second-order valence-electron chi connectivity index (χ2n) is 6.47. The van der Waals surface area contributed by atoms with Crippen LogP contribution in [0.4, 0.5) is 5.82 Å². The summed E-state index contributed by atoms with van der Waals surface area (Å²) in [7, 11) is 1.63. The van der Waals surface area contributed by atoms with Gasteiger partial charge in [-0.1, -0.05) is 42.5 Å². The number of para-hydroxylation sites is 1. The minimum Gasteiger partial charge on any atom is -0.493 e. The Labute approximate surface area is 157 Å². The maximum absolute atomic E-state index is 12.1. The summed E-state index contributed by atoms with van der Waals surface area (Å²) < 4.78 is 11.7. The molecule has 0 saturated carbocycles. The number of H-pyrrole nitrogens is 1. The lowest BCUT2D eigenvalue weighted by Gasteiger charge is -2.25. The largest absolute Gasteiger partial charge is 0.493 e. The van der Waals surface area contributed by atoms with E-state index in [-0.39, 0.29) is 11.8 Å². The van der Waals surface area contributed by atoms with Crippen LogP contribution in [-0.2, 0) is 11.2 Å². The minimum atomic E-state index is -0.130. The maximum Gasteiger partial charge on any atom is 0.226 e. The van der Waals surface area contributed by atoms with Gasteiger partial charge in [0.25, 0.3) is 0 Å². The highest BCUT2D eigenvalue weighted by atomic mass is 16.5. The summed E-state index contributed by atoms with van der Waals surface area (Å²) in [5, 5.41) is 9.75. The number of carbonyl (C=O) groups excluding carboxylic acids is 1. The van der Waals surface area contributed by atoms with Gasteiger partial charge in [-0.05, 0) is 11.6 Å². The Bertz CT molecular complexity index is 937. The number of methoxy groups -OCH3 is 1. The normalized spacial score (nSPS) is 15.7. The third-order valence-corrected chi connectivity index (χ3v) is 4.78. The molecule has 0 aliphatic carbocycles.